The molecule has 2 rings (SSSR count). The SMILES string of the molecule is Cc1cc(Cl)ccc1N/C=C(/C#N)C(=O)N1CCC(C)CC1. The molecule has 1 aromatic rings. The Labute approximate surface area is 136 Å². The van der Waals surface area contributed by atoms with E-state index in [2.05, 4.69) is 12.2 Å². The van der Waals surface area contributed by atoms with Crippen molar-refractivity contribution in [3.05, 3.63) is 40.6 Å². The average Bonchev–Trinajstić information content (AvgIpc) is 2.50. The molecule has 1 aliphatic rings. The number of hydrogen-bond donors (Lipinski definition) is 1. The molecular weight excluding hydrogens is 298 g/mol. The Morgan fingerprint density at radius 2 is 2.14 bits per heavy atom. The molecule has 0 aromatic heterocycles. The van der Waals surface area contributed by atoms with Crippen LogP contribution in [0.1, 0.15) is 25.3 Å². The Hall–Kier alpha value is -1.99. The summed E-state index contributed by atoms with van der Waals surface area (Å²) >= 11 is 5.91. The van der Waals surface area contributed by atoms with Crippen LogP contribution >= 0.6 is 11.6 Å². The van der Waals surface area contributed by atoms with E-state index in [4.69, 9.17) is 11.6 Å². The average molecular weight is 318 g/mol. The zero-order chi connectivity index (χ0) is 16.1. The molecule has 1 heterocycles. The maximum Gasteiger partial charge on any atom is 0.266 e. The van der Waals surface area contributed by atoms with Crippen molar-refractivity contribution in [1.29, 1.82) is 5.26 Å². The van der Waals surface area contributed by atoms with E-state index in [1.807, 2.05) is 25.1 Å². The Bertz CT molecular complexity index is 625. The molecule has 1 amide bonds. The largest absolute Gasteiger partial charge is 0.360 e. The van der Waals surface area contributed by atoms with Crippen LogP contribution in [0.3, 0.4) is 0 Å². The first-order chi connectivity index (χ1) is 10.5. The van der Waals surface area contributed by atoms with Crippen LogP contribution < -0.4 is 5.32 Å². The number of nitriles is 1. The number of benzene rings is 1. The van der Waals surface area contributed by atoms with Gasteiger partial charge in [0.15, 0.2) is 0 Å². The quantitative estimate of drug-likeness (QED) is 0.682. The molecule has 0 atom stereocenters. The Morgan fingerprint density at radius 3 is 2.73 bits per heavy atom. The summed E-state index contributed by atoms with van der Waals surface area (Å²) in [7, 11) is 0. The predicted molar refractivity (Wildman–Crippen MR) is 88.5 cm³/mol. The second-order valence-corrected chi connectivity index (χ2v) is 6.18. The van der Waals surface area contributed by atoms with Crippen LogP contribution in [-0.2, 0) is 4.79 Å². The lowest BCUT2D eigenvalue weighted by Crippen LogP contribution is -2.38. The molecule has 0 bridgehead atoms. The number of halogens is 1. The highest BCUT2D eigenvalue weighted by Crippen LogP contribution is 2.21. The monoisotopic (exact) mass is 317 g/mol. The zero-order valence-electron chi connectivity index (χ0n) is 12.9. The second kappa shape index (κ2) is 7.33. The van der Waals surface area contributed by atoms with Crippen molar-refractivity contribution in [1.82, 2.24) is 4.90 Å². The molecule has 5 heteroatoms. The summed E-state index contributed by atoms with van der Waals surface area (Å²) in [5.74, 6) is 0.446. The number of anilines is 1. The summed E-state index contributed by atoms with van der Waals surface area (Å²) in [6.45, 7) is 5.55. The highest BCUT2D eigenvalue weighted by atomic mass is 35.5. The van der Waals surface area contributed by atoms with Crippen LogP contribution in [0.25, 0.3) is 0 Å². The van der Waals surface area contributed by atoms with Gasteiger partial charge in [-0.05, 0) is 49.4 Å². The van der Waals surface area contributed by atoms with Crippen molar-refractivity contribution in [3.63, 3.8) is 0 Å². The van der Waals surface area contributed by atoms with Crippen LogP contribution in [0.4, 0.5) is 5.69 Å². The number of amides is 1. The Balaban J connectivity index is 2.07. The number of aryl methyl sites for hydroxylation is 1. The van der Waals surface area contributed by atoms with E-state index in [0.29, 0.717) is 10.9 Å². The molecule has 0 unspecified atom stereocenters. The van der Waals surface area contributed by atoms with Crippen molar-refractivity contribution in [2.75, 3.05) is 18.4 Å². The number of likely N-dealkylation sites (tertiary alicyclic amines) is 1. The third-order valence-corrected chi connectivity index (χ3v) is 4.22. The van der Waals surface area contributed by atoms with Gasteiger partial charge in [-0.2, -0.15) is 5.26 Å². The highest BCUT2D eigenvalue weighted by Gasteiger charge is 2.22. The number of hydrogen-bond acceptors (Lipinski definition) is 3. The first-order valence-corrected chi connectivity index (χ1v) is 7.81. The van der Waals surface area contributed by atoms with Gasteiger partial charge in [0.25, 0.3) is 5.91 Å². The number of piperidine rings is 1. The molecular formula is C17H20ClN3O. The van der Waals surface area contributed by atoms with Gasteiger partial charge in [-0.1, -0.05) is 18.5 Å². The lowest BCUT2D eigenvalue weighted by atomic mass is 9.99. The molecule has 1 aromatic carbocycles. The molecule has 116 valence electrons. The fourth-order valence-electron chi connectivity index (χ4n) is 2.46. The van der Waals surface area contributed by atoms with Gasteiger partial charge in [-0.3, -0.25) is 4.79 Å². The third-order valence-electron chi connectivity index (χ3n) is 3.98. The van der Waals surface area contributed by atoms with E-state index in [9.17, 15) is 10.1 Å². The van der Waals surface area contributed by atoms with Crippen LogP contribution in [0, 0.1) is 24.2 Å². The van der Waals surface area contributed by atoms with Gasteiger partial charge >= 0.3 is 0 Å². The minimum Gasteiger partial charge on any atom is -0.360 e. The van der Waals surface area contributed by atoms with Gasteiger partial charge in [0.1, 0.15) is 11.6 Å². The molecule has 1 saturated heterocycles. The molecule has 1 fully saturated rings. The number of carbonyl (C=O) groups is 1. The van der Waals surface area contributed by atoms with Crippen LogP contribution in [-0.4, -0.2) is 23.9 Å². The summed E-state index contributed by atoms with van der Waals surface area (Å²) in [6.07, 6.45) is 3.47. The minimum absolute atomic E-state index is 0.129. The maximum atomic E-state index is 12.4. The predicted octanol–water partition coefficient (Wildman–Crippen LogP) is 3.73. The lowest BCUT2D eigenvalue weighted by Gasteiger charge is -2.30. The molecule has 0 aliphatic carbocycles. The maximum absolute atomic E-state index is 12.4. The first kappa shape index (κ1) is 16.4. The fraction of sp³-hybridized carbons (Fsp3) is 0.412. The molecule has 22 heavy (non-hydrogen) atoms. The minimum atomic E-state index is -0.200. The van der Waals surface area contributed by atoms with Gasteiger partial charge < -0.3 is 10.2 Å². The van der Waals surface area contributed by atoms with Crippen LogP contribution in [0.2, 0.25) is 5.02 Å². The molecule has 4 nitrogen and oxygen atoms in total. The van der Waals surface area contributed by atoms with Gasteiger partial charge in [0, 0.05) is 30.0 Å². The third kappa shape index (κ3) is 4.02. The fourth-order valence-corrected chi connectivity index (χ4v) is 2.69. The van der Waals surface area contributed by atoms with Crippen LogP contribution in [0.5, 0.6) is 0 Å². The van der Waals surface area contributed by atoms with Crippen molar-refractivity contribution < 1.29 is 4.79 Å². The molecule has 1 N–H and O–H groups in total. The Kier molecular flexibility index (Phi) is 5.46. The summed E-state index contributed by atoms with van der Waals surface area (Å²) in [5.41, 5.74) is 1.92. The van der Waals surface area contributed by atoms with Crippen molar-refractivity contribution in [2.45, 2.75) is 26.7 Å². The van der Waals surface area contributed by atoms with E-state index in [1.54, 1.807) is 11.0 Å². The van der Waals surface area contributed by atoms with Crippen molar-refractivity contribution >= 4 is 23.2 Å². The lowest BCUT2D eigenvalue weighted by molar-refractivity contribution is -0.128. The van der Waals surface area contributed by atoms with Gasteiger partial charge in [-0.25, -0.2) is 0 Å². The topological polar surface area (TPSA) is 56.1 Å². The number of nitrogens with zero attached hydrogens (tertiary/aromatic N) is 2. The standard InChI is InChI=1S/C17H20ClN3O/c1-12-5-7-21(8-6-12)17(22)14(10-19)11-20-16-4-3-15(18)9-13(16)2/h3-4,9,11-12,20H,5-8H2,1-2H3/b14-11-. The number of carbonyl (C=O) groups excluding carboxylic acids is 1. The van der Waals surface area contributed by atoms with Crippen LogP contribution in [0.15, 0.2) is 30.0 Å². The highest BCUT2D eigenvalue weighted by molar-refractivity contribution is 6.30. The summed E-state index contributed by atoms with van der Waals surface area (Å²) in [6, 6.07) is 7.42. The molecule has 0 radical (unpaired) electrons. The first-order valence-electron chi connectivity index (χ1n) is 7.43. The second-order valence-electron chi connectivity index (χ2n) is 5.75. The van der Waals surface area contributed by atoms with E-state index in [1.165, 1.54) is 6.20 Å². The van der Waals surface area contributed by atoms with Crippen molar-refractivity contribution in [2.24, 2.45) is 5.92 Å². The molecule has 0 spiro atoms. The van der Waals surface area contributed by atoms with Gasteiger partial charge in [0.05, 0.1) is 0 Å². The molecule has 0 saturated carbocycles. The van der Waals surface area contributed by atoms with E-state index in [-0.39, 0.29) is 11.5 Å². The zero-order valence-corrected chi connectivity index (χ0v) is 13.7. The number of nitrogens with one attached hydrogen (secondary N) is 1. The summed E-state index contributed by atoms with van der Waals surface area (Å²) in [4.78, 5) is 14.1. The summed E-state index contributed by atoms with van der Waals surface area (Å²) in [5, 5.41) is 12.9. The van der Waals surface area contributed by atoms with Gasteiger partial charge in [0.2, 0.25) is 0 Å². The Morgan fingerprint density at radius 1 is 1.45 bits per heavy atom. The summed E-state index contributed by atoms with van der Waals surface area (Å²) < 4.78 is 0. The van der Waals surface area contributed by atoms with E-state index >= 15 is 0 Å². The normalized spacial score (nSPS) is 16.3. The van der Waals surface area contributed by atoms with Gasteiger partial charge in [-0.15, -0.1) is 0 Å². The number of rotatable bonds is 3. The van der Waals surface area contributed by atoms with E-state index < -0.39 is 0 Å². The van der Waals surface area contributed by atoms with E-state index in [0.717, 1.165) is 37.2 Å². The smallest absolute Gasteiger partial charge is 0.266 e. The van der Waals surface area contributed by atoms with Crippen molar-refractivity contribution in [3.8, 4) is 6.07 Å². The molecule has 1 aliphatic heterocycles.